The van der Waals surface area contributed by atoms with E-state index in [4.69, 9.17) is 4.74 Å². The van der Waals surface area contributed by atoms with Gasteiger partial charge in [-0.3, -0.25) is 0 Å². The van der Waals surface area contributed by atoms with E-state index in [1.807, 2.05) is 0 Å². The van der Waals surface area contributed by atoms with Crippen molar-refractivity contribution in [3.8, 4) is 5.75 Å². The standard InChI is InChI=1S/C17H26O2/c1-6-12-9-13(11-17(18)7-8-17)15(19-5)14(10-12)16(2,3)4/h9-10,18H,6-8,11H2,1-5H3. The highest BCUT2D eigenvalue weighted by atomic mass is 16.5. The van der Waals surface area contributed by atoms with Crippen molar-refractivity contribution >= 4 is 0 Å². The van der Waals surface area contributed by atoms with Gasteiger partial charge in [-0.05, 0) is 35.8 Å². The second kappa shape index (κ2) is 4.82. The molecule has 19 heavy (non-hydrogen) atoms. The Morgan fingerprint density at radius 2 is 1.89 bits per heavy atom. The molecule has 0 aromatic heterocycles. The van der Waals surface area contributed by atoms with Gasteiger partial charge in [-0.2, -0.15) is 0 Å². The lowest BCUT2D eigenvalue weighted by atomic mass is 9.83. The molecule has 0 aliphatic heterocycles. The summed E-state index contributed by atoms with van der Waals surface area (Å²) in [7, 11) is 1.73. The Hall–Kier alpha value is -1.02. The maximum Gasteiger partial charge on any atom is 0.125 e. The van der Waals surface area contributed by atoms with Crippen LogP contribution in [-0.4, -0.2) is 17.8 Å². The molecule has 1 N–H and O–H groups in total. The fourth-order valence-corrected chi connectivity index (χ4v) is 2.56. The summed E-state index contributed by atoms with van der Waals surface area (Å²) in [6, 6.07) is 4.45. The summed E-state index contributed by atoms with van der Waals surface area (Å²) >= 11 is 0. The molecule has 106 valence electrons. The van der Waals surface area contributed by atoms with Gasteiger partial charge in [0.2, 0.25) is 0 Å². The molecule has 2 heteroatoms. The molecule has 0 spiro atoms. The number of methoxy groups -OCH3 is 1. The van der Waals surface area contributed by atoms with E-state index < -0.39 is 5.60 Å². The molecule has 0 amide bonds. The number of aliphatic hydroxyl groups is 1. The van der Waals surface area contributed by atoms with E-state index in [1.54, 1.807) is 7.11 Å². The van der Waals surface area contributed by atoms with Crippen LogP contribution < -0.4 is 4.74 Å². The lowest BCUT2D eigenvalue weighted by Gasteiger charge is -2.26. The molecule has 0 heterocycles. The zero-order chi connectivity index (χ0) is 14.3. The Balaban J connectivity index is 2.50. The van der Waals surface area contributed by atoms with Crippen LogP contribution in [0.5, 0.6) is 5.75 Å². The molecule has 1 fully saturated rings. The molecule has 0 radical (unpaired) electrons. The summed E-state index contributed by atoms with van der Waals surface area (Å²) in [6.07, 6.45) is 3.56. The van der Waals surface area contributed by atoms with E-state index in [9.17, 15) is 5.11 Å². The van der Waals surface area contributed by atoms with Crippen molar-refractivity contribution in [1.82, 2.24) is 0 Å². The van der Waals surface area contributed by atoms with Crippen LogP contribution in [0.25, 0.3) is 0 Å². The molecular formula is C17H26O2. The molecule has 0 bridgehead atoms. The normalized spacial score (nSPS) is 17.4. The van der Waals surface area contributed by atoms with Crippen LogP contribution in [0.3, 0.4) is 0 Å². The van der Waals surface area contributed by atoms with Crippen LogP contribution in [0.1, 0.15) is 57.2 Å². The summed E-state index contributed by atoms with van der Waals surface area (Å²) in [5.41, 5.74) is 3.30. The lowest BCUT2D eigenvalue weighted by molar-refractivity contribution is 0.149. The van der Waals surface area contributed by atoms with Crippen molar-refractivity contribution in [1.29, 1.82) is 0 Å². The lowest BCUT2D eigenvalue weighted by Crippen LogP contribution is -2.17. The number of rotatable bonds is 4. The first kappa shape index (κ1) is 14.4. The number of aryl methyl sites for hydroxylation is 1. The Morgan fingerprint density at radius 1 is 1.26 bits per heavy atom. The van der Waals surface area contributed by atoms with Crippen molar-refractivity contribution in [2.24, 2.45) is 0 Å². The zero-order valence-corrected chi connectivity index (χ0v) is 12.8. The molecular weight excluding hydrogens is 236 g/mol. The summed E-state index contributed by atoms with van der Waals surface area (Å²) in [5, 5.41) is 10.2. The highest BCUT2D eigenvalue weighted by Gasteiger charge is 2.41. The van der Waals surface area contributed by atoms with Gasteiger partial charge in [-0.1, -0.05) is 39.8 Å². The van der Waals surface area contributed by atoms with Crippen molar-refractivity contribution in [2.75, 3.05) is 7.11 Å². The first-order chi connectivity index (χ1) is 8.79. The average molecular weight is 262 g/mol. The molecule has 1 saturated carbocycles. The van der Waals surface area contributed by atoms with Crippen molar-refractivity contribution in [3.05, 3.63) is 28.8 Å². The second-order valence-electron chi connectivity index (χ2n) is 6.84. The molecule has 1 aliphatic rings. The third kappa shape index (κ3) is 3.11. The molecule has 0 saturated heterocycles. The van der Waals surface area contributed by atoms with Crippen LogP contribution in [0.15, 0.2) is 12.1 Å². The van der Waals surface area contributed by atoms with Crippen molar-refractivity contribution in [3.63, 3.8) is 0 Å². The summed E-state index contributed by atoms with van der Waals surface area (Å²) in [5.74, 6) is 0.963. The number of benzene rings is 1. The molecule has 1 aliphatic carbocycles. The fraction of sp³-hybridized carbons (Fsp3) is 0.647. The van der Waals surface area contributed by atoms with Gasteiger partial charge in [0, 0.05) is 12.0 Å². The Labute approximate surface area is 116 Å². The number of hydrogen-bond donors (Lipinski definition) is 1. The Kier molecular flexibility index (Phi) is 3.65. The quantitative estimate of drug-likeness (QED) is 0.898. The first-order valence-corrected chi connectivity index (χ1v) is 7.22. The van der Waals surface area contributed by atoms with E-state index in [-0.39, 0.29) is 5.41 Å². The van der Waals surface area contributed by atoms with E-state index in [1.165, 1.54) is 11.1 Å². The molecule has 0 atom stereocenters. The van der Waals surface area contributed by atoms with Gasteiger partial charge < -0.3 is 9.84 Å². The Morgan fingerprint density at radius 3 is 2.32 bits per heavy atom. The van der Waals surface area contributed by atoms with Gasteiger partial charge in [0.05, 0.1) is 12.7 Å². The minimum atomic E-state index is -0.477. The maximum absolute atomic E-state index is 10.2. The van der Waals surface area contributed by atoms with Gasteiger partial charge >= 0.3 is 0 Å². The minimum Gasteiger partial charge on any atom is -0.496 e. The third-order valence-corrected chi connectivity index (χ3v) is 3.99. The molecule has 0 unspecified atom stereocenters. The van der Waals surface area contributed by atoms with E-state index >= 15 is 0 Å². The van der Waals surface area contributed by atoms with Gasteiger partial charge in [-0.25, -0.2) is 0 Å². The van der Waals surface area contributed by atoms with E-state index in [0.29, 0.717) is 6.42 Å². The molecule has 1 aromatic carbocycles. The van der Waals surface area contributed by atoms with Gasteiger partial charge in [0.25, 0.3) is 0 Å². The maximum atomic E-state index is 10.2. The summed E-state index contributed by atoms with van der Waals surface area (Å²) in [4.78, 5) is 0. The van der Waals surface area contributed by atoms with Crippen molar-refractivity contribution in [2.45, 2.75) is 64.4 Å². The smallest absolute Gasteiger partial charge is 0.125 e. The average Bonchev–Trinajstić information content (AvgIpc) is 3.04. The highest BCUT2D eigenvalue weighted by Crippen LogP contribution is 2.43. The van der Waals surface area contributed by atoms with E-state index in [2.05, 4.69) is 39.8 Å². The van der Waals surface area contributed by atoms with E-state index in [0.717, 1.165) is 30.6 Å². The van der Waals surface area contributed by atoms with Crippen LogP contribution in [0, 0.1) is 0 Å². The van der Waals surface area contributed by atoms with Crippen LogP contribution >= 0.6 is 0 Å². The summed E-state index contributed by atoms with van der Waals surface area (Å²) < 4.78 is 5.67. The predicted octanol–water partition coefficient (Wildman–Crippen LogP) is 3.62. The molecule has 2 nitrogen and oxygen atoms in total. The summed E-state index contributed by atoms with van der Waals surface area (Å²) in [6.45, 7) is 8.80. The highest BCUT2D eigenvalue weighted by molar-refractivity contribution is 5.49. The van der Waals surface area contributed by atoms with Crippen molar-refractivity contribution < 1.29 is 9.84 Å². The number of hydrogen-bond acceptors (Lipinski definition) is 2. The SMILES string of the molecule is CCc1cc(CC2(O)CC2)c(OC)c(C(C)(C)C)c1. The largest absolute Gasteiger partial charge is 0.496 e. The number of ether oxygens (including phenoxy) is 1. The molecule has 2 rings (SSSR count). The fourth-order valence-electron chi connectivity index (χ4n) is 2.56. The van der Waals surface area contributed by atoms with Gasteiger partial charge in [0.1, 0.15) is 5.75 Å². The minimum absolute atomic E-state index is 0.0530. The predicted molar refractivity (Wildman–Crippen MR) is 79.0 cm³/mol. The second-order valence-corrected chi connectivity index (χ2v) is 6.84. The van der Waals surface area contributed by atoms with Crippen LogP contribution in [-0.2, 0) is 18.3 Å². The van der Waals surface area contributed by atoms with Gasteiger partial charge in [0.15, 0.2) is 0 Å². The first-order valence-electron chi connectivity index (χ1n) is 7.22. The zero-order valence-electron chi connectivity index (χ0n) is 12.8. The topological polar surface area (TPSA) is 29.5 Å². The monoisotopic (exact) mass is 262 g/mol. The molecule has 1 aromatic rings. The Bertz CT molecular complexity index is 465. The van der Waals surface area contributed by atoms with Crippen LogP contribution in [0.4, 0.5) is 0 Å². The third-order valence-electron chi connectivity index (χ3n) is 3.99. The van der Waals surface area contributed by atoms with Gasteiger partial charge in [-0.15, -0.1) is 0 Å². The van der Waals surface area contributed by atoms with Crippen LogP contribution in [0.2, 0.25) is 0 Å².